The van der Waals surface area contributed by atoms with Crippen LogP contribution >= 0.6 is 22.6 Å². The standard InChI is InChI=1S/C10H18IN/c1-8-4-5-12(7-10(8)11)6-9-2-3-9/h8-10H,2-7H2,1H3/t8-,10-/m1/s1. The molecule has 0 aromatic carbocycles. The number of hydrogen-bond donors (Lipinski definition) is 0. The van der Waals surface area contributed by atoms with E-state index in [2.05, 4.69) is 34.4 Å². The van der Waals surface area contributed by atoms with Crippen molar-refractivity contribution in [3.63, 3.8) is 0 Å². The summed E-state index contributed by atoms with van der Waals surface area (Å²) in [5.41, 5.74) is 0. The highest BCUT2D eigenvalue weighted by Gasteiger charge is 2.29. The summed E-state index contributed by atoms with van der Waals surface area (Å²) in [6.45, 7) is 6.49. The molecule has 2 fully saturated rings. The van der Waals surface area contributed by atoms with Crippen molar-refractivity contribution in [2.75, 3.05) is 19.6 Å². The molecule has 0 aromatic heterocycles. The van der Waals surface area contributed by atoms with Gasteiger partial charge in [0.05, 0.1) is 0 Å². The Kier molecular flexibility index (Phi) is 2.95. The summed E-state index contributed by atoms with van der Waals surface area (Å²) in [5.74, 6) is 2.02. The normalized spacial score (nSPS) is 38.5. The van der Waals surface area contributed by atoms with Gasteiger partial charge >= 0.3 is 0 Å². The molecule has 2 heteroatoms. The lowest BCUT2D eigenvalue weighted by molar-refractivity contribution is 0.197. The van der Waals surface area contributed by atoms with Gasteiger partial charge in [0.15, 0.2) is 0 Å². The lowest BCUT2D eigenvalue weighted by Crippen LogP contribution is -2.40. The molecule has 0 radical (unpaired) electrons. The second kappa shape index (κ2) is 3.82. The van der Waals surface area contributed by atoms with Crippen molar-refractivity contribution >= 4 is 22.6 Å². The molecule has 0 amide bonds. The van der Waals surface area contributed by atoms with E-state index in [1.54, 1.807) is 0 Å². The zero-order chi connectivity index (χ0) is 8.55. The number of piperidine rings is 1. The third kappa shape index (κ3) is 2.34. The summed E-state index contributed by atoms with van der Waals surface area (Å²) in [6.07, 6.45) is 4.41. The molecule has 1 saturated heterocycles. The highest BCUT2D eigenvalue weighted by atomic mass is 127. The fraction of sp³-hybridized carbons (Fsp3) is 1.00. The maximum absolute atomic E-state index is 2.68. The summed E-state index contributed by atoms with van der Waals surface area (Å²) in [7, 11) is 0. The van der Waals surface area contributed by atoms with Gasteiger partial charge < -0.3 is 4.90 Å². The number of nitrogens with zero attached hydrogens (tertiary/aromatic N) is 1. The zero-order valence-corrected chi connectivity index (χ0v) is 9.96. The quantitative estimate of drug-likeness (QED) is 0.554. The third-order valence-corrected chi connectivity index (χ3v) is 4.79. The summed E-state index contributed by atoms with van der Waals surface area (Å²) >= 11 is 2.62. The fourth-order valence-corrected chi connectivity index (χ4v) is 2.83. The molecule has 0 spiro atoms. The second-order valence-corrected chi connectivity index (χ2v) is 6.08. The highest BCUT2D eigenvalue weighted by Crippen LogP contribution is 2.32. The van der Waals surface area contributed by atoms with E-state index in [1.807, 2.05) is 0 Å². The van der Waals surface area contributed by atoms with Crippen LogP contribution in [0.4, 0.5) is 0 Å². The number of rotatable bonds is 2. The van der Waals surface area contributed by atoms with Crippen LogP contribution in [0.15, 0.2) is 0 Å². The topological polar surface area (TPSA) is 3.24 Å². The van der Waals surface area contributed by atoms with Gasteiger partial charge in [0, 0.05) is 17.0 Å². The van der Waals surface area contributed by atoms with Crippen LogP contribution in [0.1, 0.15) is 26.2 Å². The summed E-state index contributed by atoms with van der Waals surface area (Å²) in [5, 5.41) is 0. The first-order chi connectivity index (χ1) is 5.75. The van der Waals surface area contributed by atoms with Gasteiger partial charge in [0.25, 0.3) is 0 Å². The number of likely N-dealkylation sites (tertiary alicyclic amines) is 1. The fourth-order valence-electron chi connectivity index (χ4n) is 1.92. The minimum atomic E-state index is 0.898. The molecule has 0 unspecified atom stereocenters. The Balaban J connectivity index is 1.76. The van der Waals surface area contributed by atoms with Crippen LogP contribution in [0, 0.1) is 11.8 Å². The van der Waals surface area contributed by atoms with E-state index in [9.17, 15) is 0 Å². The van der Waals surface area contributed by atoms with Crippen LogP contribution in [-0.2, 0) is 0 Å². The van der Waals surface area contributed by atoms with Crippen molar-refractivity contribution in [2.24, 2.45) is 11.8 Å². The van der Waals surface area contributed by atoms with Crippen molar-refractivity contribution < 1.29 is 0 Å². The highest BCUT2D eigenvalue weighted by molar-refractivity contribution is 14.1. The molecule has 2 atom stereocenters. The molecule has 0 aromatic rings. The Morgan fingerprint density at radius 2 is 2.08 bits per heavy atom. The molecule has 70 valence electrons. The van der Waals surface area contributed by atoms with Gasteiger partial charge in [-0.3, -0.25) is 0 Å². The van der Waals surface area contributed by atoms with E-state index in [0.29, 0.717) is 0 Å². The zero-order valence-electron chi connectivity index (χ0n) is 7.80. The smallest absolute Gasteiger partial charge is 0.0263 e. The second-order valence-electron chi connectivity index (χ2n) is 4.48. The molecule has 1 aliphatic heterocycles. The van der Waals surface area contributed by atoms with E-state index in [4.69, 9.17) is 0 Å². The lowest BCUT2D eigenvalue weighted by atomic mass is 9.99. The Labute approximate surface area is 89.0 Å². The van der Waals surface area contributed by atoms with Gasteiger partial charge in [-0.05, 0) is 37.6 Å². The number of halogens is 1. The van der Waals surface area contributed by atoms with E-state index in [-0.39, 0.29) is 0 Å². The van der Waals surface area contributed by atoms with Crippen LogP contribution in [0.3, 0.4) is 0 Å². The molecule has 2 rings (SSSR count). The van der Waals surface area contributed by atoms with Crippen molar-refractivity contribution in [3.8, 4) is 0 Å². The van der Waals surface area contributed by atoms with Crippen LogP contribution in [-0.4, -0.2) is 28.5 Å². The van der Waals surface area contributed by atoms with Gasteiger partial charge in [-0.25, -0.2) is 0 Å². The first-order valence-corrected chi connectivity index (χ1v) is 6.36. The Morgan fingerprint density at radius 3 is 2.67 bits per heavy atom. The Hall–Kier alpha value is 0.690. The maximum atomic E-state index is 2.68. The van der Waals surface area contributed by atoms with Crippen molar-refractivity contribution in [2.45, 2.75) is 30.1 Å². The van der Waals surface area contributed by atoms with E-state index < -0.39 is 0 Å². The molecular formula is C10H18IN. The van der Waals surface area contributed by atoms with Gasteiger partial charge in [-0.15, -0.1) is 0 Å². The summed E-state index contributed by atoms with van der Waals surface area (Å²) in [4.78, 5) is 2.68. The SMILES string of the molecule is C[C@@H]1CCN(CC2CC2)C[C@H]1I. The van der Waals surface area contributed by atoms with Crippen LogP contribution < -0.4 is 0 Å². The van der Waals surface area contributed by atoms with Crippen molar-refractivity contribution in [1.29, 1.82) is 0 Å². The summed E-state index contributed by atoms with van der Waals surface area (Å²) in [6, 6.07) is 0. The molecule has 1 aliphatic carbocycles. The van der Waals surface area contributed by atoms with Gasteiger partial charge in [0.1, 0.15) is 0 Å². The van der Waals surface area contributed by atoms with Gasteiger partial charge in [0.2, 0.25) is 0 Å². The lowest BCUT2D eigenvalue weighted by Gasteiger charge is -2.34. The minimum absolute atomic E-state index is 0.898. The van der Waals surface area contributed by atoms with Crippen LogP contribution in [0.5, 0.6) is 0 Å². The molecule has 2 aliphatic rings. The molecule has 0 bridgehead atoms. The van der Waals surface area contributed by atoms with E-state index in [0.717, 1.165) is 15.8 Å². The molecule has 12 heavy (non-hydrogen) atoms. The van der Waals surface area contributed by atoms with Crippen molar-refractivity contribution in [1.82, 2.24) is 4.90 Å². The Bertz CT molecular complexity index is 156. The van der Waals surface area contributed by atoms with Crippen LogP contribution in [0.25, 0.3) is 0 Å². The average Bonchev–Trinajstić information content (AvgIpc) is 2.81. The third-order valence-electron chi connectivity index (χ3n) is 3.16. The molecule has 1 nitrogen and oxygen atoms in total. The monoisotopic (exact) mass is 279 g/mol. The molecular weight excluding hydrogens is 261 g/mol. The number of hydrogen-bond acceptors (Lipinski definition) is 1. The predicted octanol–water partition coefficient (Wildman–Crippen LogP) is 2.54. The average molecular weight is 279 g/mol. The first-order valence-electron chi connectivity index (χ1n) is 5.12. The van der Waals surface area contributed by atoms with E-state index >= 15 is 0 Å². The minimum Gasteiger partial charge on any atom is -0.302 e. The Morgan fingerprint density at radius 1 is 1.33 bits per heavy atom. The molecule has 1 heterocycles. The maximum Gasteiger partial charge on any atom is 0.0263 e. The first kappa shape index (κ1) is 9.25. The number of alkyl halides is 1. The largest absolute Gasteiger partial charge is 0.302 e. The van der Waals surface area contributed by atoms with Gasteiger partial charge in [-0.1, -0.05) is 29.5 Å². The van der Waals surface area contributed by atoms with E-state index in [1.165, 1.54) is 38.9 Å². The molecule has 0 N–H and O–H groups in total. The van der Waals surface area contributed by atoms with Crippen LogP contribution in [0.2, 0.25) is 0 Å². The predicted molar refractivity (Wildman–Crippen MR) is 60.8 cm³/mol. The molecule has 1 saturated carbocycles. The van der Waals surface area contributed by atoms with Crippen molar-refractivity contribution in [3.05, 3.63) is 0 Å². The summed E-state index contributed by atoms with van der Waals surface area (Å²) < 4.78 is 0.898. The van der Waals surface area contributed by atoms with Gasteiger partial charge in [-0.2, -0.15) is 0 Å².